The van der Waals surface area contributed by atoms with E-state index in [1.807, 2.05) is 72.8 Å². The summed E-state index contributed by atoms with van der Waals surface area (Å²) in [5.74, 6) is 0. The van der Waals surface area contributed by atoms with Crippen LogP contribution >= 0.6 is 0 Å². The lowest BCUT2D eigenvalue weighted by atomic mass is 9.97. The van der Waals surface area contributed by atoms with Crippen molar-refractivity contribution >= 4 is 0 Å². The van der Waals surface area contributed by atoms with Gasteiger partial charge in [-0.1, -0.05) is 148 Å². The van der Waals surface area contributed by atoms with Gasteiger partial charge in [0.05, 0.1) is 33.0 Å². The highest BCUT2D eigenvalue weighted by Gasteiger charge is 2.49. The van der Waals surface area contributed by atoms with Crippen molar-refractivity contribution < 1.29 is 28.4 Å². The zero-order valence-electron chi connectivity index (χ0n) is 27.0. The zero-order chi connectivity index (χ0) is 31.7. The van der Waals surface area contributed by atoms with Crippen molar-refractivity contribution in [3.05, 3.63) is 144 Å². The number of unbranched alkanes of at least 4 members (excludes halogenated alkanes) is 3. The first-order valence-electron chi connectivity index (χ1n) is 16.7. The topological polar surface area (TPSA) is 55.4 Å². The fraction of sp³-hybridized carbons (Fsp3) is 0.400. The summed E-state index contributed by atoms with van der Waals surface area (Å²) in [6, 6.07) is 40.7. The monoisotopic (exact) mass is 624 g/mol. The Morgan fingerprint density at radius 2 is 0.935 bits per heavy atom. The maximum atomic E-state index is 6.78. The van der Waals surface area contributed by atoms with Crippen LogP contribution in [0, 0.1) is 0 Å². The molecule has 1 aliphatic rings. The number of hydrogen-bond acceptors (Lipinski definition) is 6. The fourth-order valence-corrected chi connectivity index (χ4v) is 5.61. The third-order valence-corrected chi connectivity index (χ3v) is 8.12. The lowest BCUT2D eigenvalue weighted by Crippen LogP contribution is -2.61. The van der Waals surface area contributed by atoms with Crippen LogP contribution in [0.1, 0.15) is 54.9 Å². The van der Waals surface area contributed by atoms with Crippen LogP contribution < -0.4 is 0 Å². The fourth-order valence-electron chi connectivity index (χ4n) is 5.61. The van der Waals surface area contributed by atoms with Gasteiger partial charge in [-0.2, -0.15) is 0 Å². The van der Waals surface area contributed by atoms with Gasteiger partial charge < -0.3 is 28.4 Å². The molecule has 3 unspecified atom stereocenters. The van der Waals surface area contributed by atoms with Crippen LogP contribution in [-0.4, -0.2) is 43.9 Å². The lowest BCUT2D eigenvalue weighted by Gasteiger charge is -2.46. The third kappa shape index (κ3) is 10.9. The molecule has 4 aromatic carbocycles. The van der Waals surface area contributed by atoms with E-state index in [0.717, 1.165) is 35.1 Å². The molecule has 1 aliphatic heterocycles. The Hall–Kier alpha value is -3.36. The van der Waals surface area contributed by atoms with Gasteiger partial charge in [0.2, 0.25) is 0 Å². The smallest absolute Gasteiger partial charge is 0.186 e. The minimum atomic E-state index is -0.645. The number of rotatable bonds is 19. The molecule has 1 fully saturated rings. The summed E-state index contributed by atoms with van der Waals surface area (Å²) in [4.78, 5) is 0. The molecule has 0 saturated carbocycles. The van der Waals surface area contributed by atoms with E-state index in [4.69, 9.17) is 28.4 Å². The van der Waals surface area contributed by atoms with Crippen molar-refractivity contribution in [3.8, 4) is 0 Å². The maximum Gasteiger partial charge on any atom is 0.186 e. The average Bonchev–Trinajstić information content (AvgIpc) is 3.11. The zero-order valence-corrected chi connectivity index (χ0v) is 27.0. The van der Waals surface area contributed by atoms with E-state index in [0.29, 0.717) is 39.6 Å². The van der Waals surface area contributed by atoms with Gasteiger partial charge in [-0.05, 0) is 28.7 Å². The van der Waals surface area contributed by atoms with Crippen molar-refractivity contribution in [2.24, 2.45) is 0 Å². The number of hydrogen-bond donors (Lipinski definition) is 0. The predicted molar refractivity (Wildman–Crippen MR) is 180 cm³/mol. The highest BCUT2D eigenvalue weighted by Crippen LogP contribution is 2.32. The molecule has 5 atom stereocenters. The van der Waals surface area contributed by atoms with Gasteiger partial charge in [0, 0.05) is 6.61 Å². The first-order valence-corrected chi connectivity index (χ1v) is 16.7. The molecule has 1 heterocycles. The molecule has 6 heteroatoms. The Balaban J connectivity index is 1.41. The first-order chi connectivity index (χ1) is 22.8. The Labute approximate surface area is 274 Å². The highest BCUT2D eigenvalue weighted by molar-refractivity contribution is 5.16. The van der Waals surface area contributed by atoms with Crippen LogP contribution in [0.15, 0.2) is 121 Å². The van der Waals surface area contributed by atoms with Crippen LogP contribution in [-0.2, 0) is 54.8 Å². The first kappa shape index (κ1) is 34.0. The van der Waals surface area contributed by atoms with Gasteiger partial charge in [-0.3, -0.25) is 0 Å². The molecule has 0 amide bonds. The molecule has 1 saturated heterocycles. The molecule has 0 radical (unpaired) electrons. The normalized spacial score (nSPS) is 21.3. The van der Waals surface area contributed by atoms with Crippen LogP contribution in [0.25, 0.3) is 0 Å². The second kappa shape index (κ2) is 19.3. The van der Waals surface area contributed by atoms with E-state index < -0.39 is 30.7 Å². The molecule has 0 aliphatic carbocycles. The molecule has 0 bridgehead atoms. The Morgan fingerprint density at radius 3 is 1.43 bits per heavy atom. The quantitative estimate of drug-likeness (QED) is 0.0979. The Bertz CT molecular complexity index is 1340. The largest absolute Gasteiger partial charge is 0.374 e. The van der Waals surface area contributed by atoms with Crippen molar-refractivity contribution in [3.63, 3.8) is 0 Å². The summed E-state index contributed by atoms with van der Waals surface area (Å²) in [5.41, 5.74) is 4.32. The van der Waals surface area contributed by atoms with Gasteiger partial charge in [0.1, 0.15) is 24.4 Å². The predicted octanol–water partition coefficient (Wildman–Crippen LogP) is 8.28. The number of benzene rings is 4. The van der Waals surface area contributed by atoms with Crippen LogP contribution in [0.4, 0.5) is 0 Å². The molecule has 5 rings (SSSR count). The molecule has 0 spiro atoms. The molecular formula is C40H48O6. The summed E-state index contributed by atoms with van der Waals surface area (Å²) < 4.78 is 39.6. The van der Waals surface area contributed by atoms with E-state index in [1.54, 1.807) is 0 Å². The van der Waals surface area contributed by atoms with Gasteiger partial charge in [0.25, 0.3) is 0 Å². The summed E-state index contributed by atoms with van der Waals surface area (Å²) in [6.07, 6.45) is 1.85. The number of ether oxygens (including phenoxy) is 6. The Kier molecular flexibility index (Phi) is 14.3. The second-order valence-electron chi connectivity index (χ2n) is 11.8. The molecule has 0 aromatic heterocycles. The van der Waals surface area contributed by atoms with Crippen LogP contribution in [0.3, 0.4) is 0 Å². The lowest BCUT2D eigenvalue weighted by molar-refractivity contribution is -0.328. The summed E-state index contributed by atoms with van der Waals surface area (Å²) in [5, 5.41) is 0. The van der Waals surface area contributed by atoms with Crippen molar-refractivity contribution in [2.45, 2.75) is 89.7 Å². The third-order valence-electron chi connectivity index (χ3n) is 8.12. The van der Waals surface area contributed by atoms with E-state index in [1.165, 1.54) is 12.8 Å². The standard InChI is InChI=1S/C40H48O6/c1-2-3-4-17-26-42-40-39(45-30-35-24-15-8-16-25-35)38(44-29-34-22-13-7-14-23-34)37(43-28-33-20-11-6-12-21-33)36(46-40)31-41-27-32-18-9-5-10-19-32/h5-16,18-25,36-40H,2-4,17,26-31H2,1H3/t36?,37-,38?,39?,40-/m1/s1. The van der Waals surface area contributed by atoms with Crippen molar-refractivity contribution in [1.82, 2.24) is 0 Å². The minimum Gasteiger partial charge on any atom is -0.374 e. The molecule has 4 aromatic rings. The summed E-state index contributed by atoms with van der Waals surface area (Å²) in [6.45, 7) is 4.79. The average molecular weight is 625 g/mol. The van der Waals surface area contributed by atoms with Crippen LogP contribution in [0.2, 0.25) is 0 Å². The Morgan fingerprint density at radius 1 is 0.478 bits per heavy atom. The molecule has 6 nitrogen and oxygen atoms in total. The van der Waals surface area contributed by atoms with Crippen molar-refractivity contribution in [1.29, 1.82) is 0 Å². The van der Waals surface area contributed by atoms with E-state index >= 15 is 0 Å². The van der Waals surface area contributed by atoms with Crippen LogP contribution in [0.5, 0.6) is 0 Å². The van der Waals surface area contributed by atoms with E-state index in [9.17, 15) is 0 Å². The summed E-state index contributed by atoms with van der Waals surface area (Å²) in [7, 11) is 0. The summed E-state index contributed by atoms with van der Waals surface area (Å²) >= 11 is 0. The highest BCUT2D eigenvalue weighted by atomic mass is 16.7. The molecule has 0 N–H and O–H groups in total. The second-order valence-corrected chi connectivity index (χ2v) is 11.8. The molecule has 244 valence electrons. The SMILES string of the molecule is CCCCCCO[C@@H]1OC(COCc2ccccc2)[C@@H](OCc2ccccc2)C(OCc2ccccc2)C1OCc1ccccc1. The van der Waals surface area contributed by atoms with E-state index in [2.05, 4.69) is 55.5 Å². The maximum absolute atomic E-state index is 6.78. The van der Waals surface area contributed by atoms with Gasteiger partial charge in [-0.25, -0.2) is 0 Å². The van der Waals surface area contributed by atoms with Gasteiger partial charge >= 0.3 is 0 Å². The molecular weight excluding hydrogens is 576 g/mol. The molecule has 46 heavy (non-hydrogen) atoms. The minimum absolute atomic E-state index is 0.320. The van der Waals surface area contributed by atoms with Gasteiger partial charge in [0.15, 0.2) is 6.29 Å². The van der Waals surface area contributed by atoms with Gasteiger partial charge in [-0.15, -0.1) is 0 Å². The van der Waals surface area contributed by atoms with Crippen molar-refractivity contribution in [2.75, 3.05) is 13.2 Å². The van der Waals surface area contributed by atoms with E-state index in [-0.39, 0.29) is 0 Å².